The van der Waals surface area contributed by atoms with Crippen LogP contribution >= 0.6 is 0 Å². The number of carbonyl (C=O) groups excluding carboxylic acids is 1. The van der Waals surface area contributed by atoms with Gasteiger partial charge in [0.25, 0.3) is 0 Å². The van der Waals surface area contributed by atoms with Crippen molar-refractivity contribution >= 4 is 26.6 Å². The van der Waals surface area contributed by atoms with Crippen LogP contribution in [0, 0.1) is 0 Å². The summed E-state index contributed by atoms with van der Waals surface area (Å²) < 4.78 is 28.2. The number of hydrogen-bond acceptors (Lipinski definition) is 3. The van der Waals surface area contributed by atoms with Crippen LogP contribution in [0.4, 0.5) is 0 Å². The summed E-state index contributed by atoms with van der Waals surface area (Å²) in [5.41, 5.74) is 1.52. The second kappa shape index (κ2) is 8.26. The first-order chi connectivity index (χ1) is 14.4. The molecule has 1 fully saturated rings. The van der Waals surface area contributed by atoms with E-state index in [9.17, 15) is 13.2 Å². The molecule has 1 saturated heterocycles. The van der Waals surface area contributed by atoms with Crippen molar-refractivity contribution in [3.63, 3.8) is 0 Å². The van der Waals surface area contributed by atoms with Crippen molar-refractivity contribution in [3.05, 3.63) is 66.4 Å². The topological polar surface area (TPSA) is 59.4 Å². The largest absolute Gasteiger partial charge is 0.337 e. The number of hydrogen-bond donors (Lipinski definition) is 0. The lowest BCUT2D eigenvalue weighted by Gasteiger charge is -2.39. The number of nitrogens with zero attached hydrogens (tertiary/aromatic N) is 2. The van der Waals surface area contributed by atoms with Gasteiger partial charge in [0.05, 0.1) is 10.6 Å². The number of piperidine rings is 1. The first kappa shape index (κ1) is 20.7. The smallest absolute Gasteiger partial charge is 0.242 e. The summed E-state index contributed by atoms with van der Waals surface area (Å²) >= 11 is 0. The Bertz CT molecular complexity index is 1140. The molecule has 6 heteroatoms. The summed E-state index contributed by atoms with van der Waals surface area (Å²) in [7, 11) is -3.55. The molecule has 2 atom stereocenters. The summed E-state index contributed by atoms with van der Waals surface area (Å²) in [6.45, 7) is 4.34. The third-order valence-corrected chi connectivity index (χ3v) is 7.78. The highest BCUT2D eigenvalue weighted by Crippen LogP contribution is 2.29. The van der Waals surface area contributed by atoms with Gasteiger partial charge in [-0.15, -0.1) is 0 Å². The first-order valence-corrected chi connectivity index (χ1v) is 12.2. The van der Waals surface area contributed by atoms with Crippen molar-refractivity contribution in [2.75, 3.05) is 0 Å². The molecule has 5 nitrogen and oxygen atoms in total. The lowest BCUT2D eigenvalue weighted by atomic mass is 9.97. The van der Waals surface area contributed by atoms with E-state index in [0.29, 0.717) is 5.39 Å². The Morgan fingerprint density at radius 2 is 1.60 bits per heavy atom. The summed E-state index contributed by atoms with van der Waals surface area (Å²) in [5, 5.41) is 0.668. The lowest BCUT2D eigenvalue weighted by molar-refractivity contribution is -0.137. The standard InChI is InChI=1S/C24H28N2O3S/c1-18-9-8-10-19(2)26(18)24(27)16-25-15-23(21-13-6-7-14-22(21)25)30(28,29)17-20-11-4-3-5-12-20/h3-7,11-15,18-19H,8-10,16-17H2,1-2H3. The molecule has 1 aliphatic heterocycles. The Kier molecular flexibility index (Phi) is 5.69. The summed E-state index contributed by atoms with van der Waals surface area (Å²) in [6, 6.07) is 17.0. The van der Waals surface area contributed by atoms with E-state index in [-0.39, 0.29) is 35.2 Å². The Hall–Kier alpha value is -2.60. The quantitative estimate of drug-likeness (QED) is 0.610. The van der Waals surface area contributed by atoms with Crippen LogP contribution in [-0.4, -0.2) is 35.9 Å². The fourth-order valence-electron chi connectivity index (χ4n) is 4.60. The fraction of sp³-hybridized carbons (Fsp3) is 0.375. The monoisotopic (exact) mass is 424 g/mol. The molecule has 2 unspecified atom stereocenters. The van der Waals surface area contributed by atoms with E-state index in [4.69, 9.17) is 0 Å². The minimum atomic E-state index is -3.55. The zero-order valence-corrected chi connectivity index (χ0v) is 18.3. The van der Waals surface area contributed by atoms with Gasteiger partial charge in [0.1, 0.15) is 6.54 Å². The van der Waals surface area contributed by atoms with Gasteiger partial charge in [-0.25, -0.2) is 8.42 Å². The molecule has 4 rings (SSSR count). The molecule has 158 valence electrons. The lowest BCUT2D eigenvalue weighted by Crippen LogP contribution is -2.48. The molecule has 3 aromatic rings. The molecule has 0 saturated carbocycles. The van der Waals surface area contributed by atoms with Crippen LogP contribution in [-0.2, 0) is 26.9 Å². The number of amides is 1. The molecule has 1 aromatic heterocycles. The number of benzene rings is 2. The Morgan fingerprint density at radius 3 is 2.30 bits per heavy atom. The summed E-state index contributed by atoms with van der Waals surface area (Å²) in [4.78, 5) is 15.4. The van der Waals surface area contributed by atoms with E-state index in [1.54, 1.807) is 10.8 Å². The predicted octanol–water partition coefficient (Wildman–Crippen LogP) is 4.40. The van der Waals surface area contributed by atoms with Crippen molar-refractivity contribution in [1.29, 1.82) is 0 Å². The highest BCUT2D eigenvalue weighted by atomic mass is 32.2. The highest BCUT2D eigenvalue weighted by Gasteiger charge is 2.30. The SMILES string of the molecule is CC1CCCC(C)N1C(=O)Cn1cc(S(=O)(=O)Cc2ccccc2)c2ccccc21. The molecule has 30 heavy (non-hydrogen) atoms. The van der Waals surface area contributed by atoms with Gasteiger partial charge in [-0.2, -0.15) is 0 Å². The summed E-state index contributed by atoms with van der Waals surface area (Å²) in [5.74, 6) is -0.0156. The van der Waals surface area contributed by atoms with Gasteiger partial charge in [-0.3, -0.25) is 4.79 Å². The van der Waals surface area contributed by atoms with E-state index in [2.05, 4.69) is 13.8 Å². The van der Waals surface area contributed by atoms with Gasteiger partial charge in [-0.1, -0.05) is 48.5 Å². The van der Waals surface area contributed by atoms with Gasteiger partial charge in [-0.05, 0) is 44.7 Å². The second-order valence-electron chi connectivity index (χ2n) is 8.31. The van der Waals surface area contributed by atoms with Crippen LogP contribution in [0.5, 0.6) is 0 Å². The van der Waals surface area contributed by atoms with E-state index in [1.807, 2.05) is 59.5 Å². The Morgan fingerprint density at radius 1 is 0.967 bits per heavy atom. The van der Waals surface area contributed by atoms with Crippen molar-refractivity contribution < 1.29 is 13.2 Å². The van der Waals surface area contributed by atoms with Crippen LogP contribution in [0.2, 0.25) is 0 Å². The van der Waals surface area contributed by atoms with Crippen molar-refractivity contribution in [1.82, 2.24) is 9.47 Å². The maximum absolute atomic E-state index is 13.2. The molecule has 0 radical (unpaired) electrons. The van der Waals surface area contributed by atoms with Crippen molar-refractivity contribution in [2.24, 2.45) is 0 Å². The van der Waals surface area contributed by atoms with Gasteiger partial charge in [0, 0.05) is 29.2 Å². The molecular weight excluding hydrogens is 396 g/mol. The van der Waals surface area contributed by atoms with E-state index in [0.717, 1.165) is 30.3 Å². The van der Waals surface area contributed by atoms with Gasteiger partial charge in [0.15, 0.2) is 9.84 Å². The molecule has 1 aliphatic rings. The van der Waals surface area contributed by atoms with Crippen LogP contribution in [0.15, 0.2) is 65.7 Å². The average molecular weight is 425 g/mol. The van der Waals surface area contributed by atoms with Crippen LogP contribution in [0.3, 0.4) is 0 Å². The number of fused-ring (bicyclic) bond motifs is 1. The molecule has 0 bridgehead atoms. The number of likely N-dealkylation sites (tertiary alicyclic amines) is 1. The maximum atomic E-state index is 13.2. The normalized spacial score (nSPS) is 19.9. The number of carbonyl (C=O) groups is 1. The summed E-state index contributed by atoms with van der Waals surface area (Å²) in [6.07, 6.45) is 4.80. The maximum Gasteiger partial charge on any atom is 0.242 e. The van der Waals surface area contributed by atoms with E-state index in [1.165, 1.54) is 0 Å². The van der Waals surface area contributed by atoms with Gasteiger partial charge >= 0.3 is 0 Å². The van der Waals surface area contributed by atoms with Crippen LogP contribution in [0.25, 0.3) is 10.9 Å². The molecule has 1 amide bonds. The number of sulfone groups is 1. The van der Waals surface area contributed by atoms with E-state index >= 15 is 0 Å². The van der Waals surface area contributed by atoms with E-state index < -0.39 is 9.84 Å². The molecule has 0 aliphatic carbocycles. The molecule has 2 heterocycles. The zero-order chi connectivity index (χ0) is 21.3. The van der Waals surface area contributed by atoms with Crippen LogP contribution < -0.4 is 0 Å². The Labute approximate surface area is 178 Å². The fourth-order valence-corrected chi connectivity index (χ4v) is 6.19. The first-order valence-electron chi connectivity index (χ1n) is 10.5. The molecule has 0 N–H and O–H groups in total. The third-order valence-electron chi connectivity index (χ3n) is 6.07. The molecule has 0 spiro atoms. The molecular formula is C24H28N2O3S. The number of aromatic nitrogens is 1. The van der Waals surface area contributed by atoms with Gasteiger partial charge in [0.2, 0.25) is 5.91 Å². The average Bonchev–Trinajstić information content (AvgIpc) is 3.08. The van der Waals surface area contributed by atoms with Gasteiger partial charge < -0.3 is 9.47 Å². The minimum Gasteiger partial charge on any atom is -0.337 e. The number of para-hydroxylation sites is 1. The number of rotatable bonds is 5. The van der Waals surface area contributed by atoms with Crippen molar-refractivity contribution in [2.45, 2.75) is 62.4 Å². The minimum absolute atomic E-state index is 0.0439. The third kappa shape index (κ3) is 4.01. The Balaban J connectivity index is 1.68. The van der Waals surface area contributed by atoms with Crippen molar-refractivity contribution in [3.8, 4) is 0 Å². The highest BCUT2D eigenvalue weighted by molar-refractivity contribution is 7.90. The molecule has 2 aromatic carbocycles. The van der Waals surface area contributed by atoms with Crippen LogP contribution in [0.1, 0.15) is 38.7 Å². The zero-order valence-electron chi connectivity index (χ0n) is 17.5. The second-order valence-corrected chi connectivity index (χ2v) is 10.3. The predicted molar refractivity (Wildman–Crippen MR) is 119 cm³/mol.